The monoisotopic (exact) mass is 182 g/mol. The van der Waals surface area contributed by atoms with Crippen LogP contribution >= 0.6 is 12.6 Å². The van der Waals surface area contributed by atoms with Crippen LogP contribution in [0.2, 0.25) is 0 Å². The number of hydrogen-bond acceptors (Lipinski definition) is 1. The minimum atomic E-state index is 1.06. The average molecular weight is 182 g/mol. The van der Waals surface area contributed by atoms with Crippen molar-refractivity contribution < 1.29 is 0 Å². The lowest BCUT2D eigenvalue weighted by Crippen LogP contribution is -1.76. The van der Waals surface area contributed by atoms with Crippen molar-refractivity contribution in [1.82, 2.24) is 0 Å². The van der Waals surface area contributed by atoms with Crippen LogP contribution in [0.25, 0.3) is 0 Å². The lowest BCUT2D eigenvalue weighted by Gasteiger charge is -1.98. The second kappa shape index (κ2) is 6.13. The summed E-state index contributed by atoms with van der Waals surface area (Å²) in [6.07, 6.45) is 7.31. The van der Waals surface area contributed by atoms with E-state index >= 15 is 0 Å². The summed E-state index contributed by atoms with van der Waals surface area (Å²) in [5.41, 5.74) is 2.58. The Bertz CT molecular complexity index is 219. The van der Waals surface area contributed by atoms with Gasteiger partial charge in [-0.15, -0.1) is 12.6 Å². The number of allylic oxidation sites excluding steroid dienone is 5. The number of thiol groups is 1. The topological polar surface area (TPSA) is 0 Å². The van der Waals surface area contributed by atoms with E-state index in [0.717, 1.165) is 11.3 Å². The predicted molar refractivity (Wildman–Crippen MR) is 60.5 cm³/mol. The molecule has 0 aromatic carbocycles. The molecule has 0 N–H and O–H groups in total. The highest BCUT2D eigenvalue weighted by atomic mass is 32.1. The molecule has 0 aliphatic heterocycles. The summed E-state index contributed by atoms with van der Waals surface area (Å²) in [6, 6.07) is 0. The Morgan fingerprint density at radius 3 is 2.33 bits per heavy atom. The van der Waals surface area contributed by atoms with E-state index in [1.165, 1.54) is 11.1 Å². The third kappa shape index (κ3) is 4.45. The quantitative estimate of drug-likeness (QED) is 0.492. The van der Waals surface area contributed by atoms with E-state index in [-0.39, 0.29) is 0 Å². The molecule has 12 heavy (non-hydrogen) atoms. The summed E-state index contributed by atoms with van der Waals surface area (Å²) in [5, 5.41) is 0. The molecular formula is C11H18S. The van der Waals surface area contributed by atoms with Crippen LogP contribution in [0.15, 0.2) is 34.3 Å². The zero-order chi connectivity index (χ0) is 9.56. The molecule has 0 aliphatic carbocycles. The van der Waals surface area contributed by atoms with Gasteiger partial charge in [-0.2, -0.15) is 0 Å². The van der Waals surface area contributed by atoms with Crippen LogP contribution in [-0.2, 0) is 0 Å². The molecule has 0 radical (unpaired) electrons. The fraction of sp³-hybridized carbons (Fsp3) is 0.455. The molecule has 0 bridgehead atoms. The minimum absolute atomic E-state index is 1.06. The van der Waals surface area contributed by atoms with Gasteiger partial charge in [-0.25, -0.2) is 0 Å². The van der Waals surface area contributed by atoms with Crippen molar-refractivity contribution in [3.8, 4) is 0 Å². The van der Waals surface area contributed by atoms with Crippen molar-refractivity contribution in [2.45, 2.75) is 34.1 Å². The van der Waals surface area contributed by atoms with Gasteiger partial charge in [0.1, 0.15) is 0 Å². The zero-order valence-corrected chi connectivity index (χ0v) is 9.28. The second-order valence-corrected chi connectivity index (χ2v) is 3.39. The summed E-state index contributed by atoms with van der Waals surface area (Å²) in [6.45, 7) is 8.36. The molecule has 0 unspecified atom stereocenters. The normalized spacial score (nSPS) is 15.2. The van der Waals surface area contributed by atoms with E-state index in [9.17, 15) is 0 Å². The van der Waals surface area contributed by atoms with E-state index in [0.29, 0.717) is 0 Å². The van der Waals surface area contributed by atoms with Gasteiger partial charge in [0.15, 0.2) is 0 Å². The maximum atomic E-state index is 4.40. The molecule has 1 heteroatoms. The highest BCUT2D eigenvalue weighted by Crippen LogP contribution is 2.14. The Morgan fingerprint density at radius 1 is 1.33 bits per heavy atom. The molecule has 0 fully saturated rings. The van der Waals surface area contributed by atoms with Crippen molar-refractivity contribution in [2.75, 3.05) is 0 Å². The van der Waals surface area contributed by atoms with Crippen molar-refractivity contribution in [3.63, 3.8) is 0 Å². The fourth-order valence-corrected chi connectivity index (χ4v) is 1.08. The highest BCUT2D eigenvalue weighted by Gasteiger charge is 1.90. The van der Waals surface area contributed by atoms with Crippen LogP contribution in [-0.4, -0.2) is 0 Å². The fourth-order valence-electron chi connectivity index (χ4n) is 0.785. The summed E-state index contributed by atoms with van der Waals surface area (Å²) in [4.78, 5) is 1.06. The van der Waals surface area contributed by atoms with Gasteiger partial charge >= 0.3 is 0 Å². The maximum absolute atomic E-state index is 4.40. The van der Waals surface area contributed by atoms with Crippen LogP contribution in [0.3, 0.4) is 0 Å². The number of hydrogen-bond donors (Lipinski definition) is 1. The van der Waals surface area contributed by atoms with Gasteiger partial charge in [0.05, 0.1) is 0 Å². The summed E-state index contributed by atoms with van der Waals surface area (Å²) in [7, 11) is 0. The molecule has 0 atom stereocenters. The molecule has 0 aromatic rings. The van der Waals surface area contributed by atoms with Crippen LogP contribution in [0, 0.1) is 0 Å². The first-order chi connectivity index (χ1) is 5.61. The molecule has 0 nitrogen and oxygen atoms in total. The summed E-state index contributed by atoms with van der Waals surface area (Å²) in [5.74, 6) is 0. The SMILES string of the molecule is C\C=C/C(C)=C(S)/C=C(\C)CC. The molecule has 0 rings (SSSR count). The van der Waals surface area contributed by atoms with Crippen molar-refractivity contribution >= 4 is 12.6 Å². The first-order valence-electron chi connectivity index (χ1n) is 4.31. The lowest BCUT2D eigenvalue weighted by molar-refractivity contribution is 1.10. The second-order valence-electron chi connectivity index (χ2n) is 2.91. The first kappa shape index (κ1) is 11.6. The molecule has 0 spiro atoms. The van der Waals surface area contributed by atoms with E-state index in [1.54, 1.807) is 0 Å². The molecule has 0 saturated carbocycles. The molecule has 0 saturated heterocycles. The smallest absolute Gasteiger partial charge is 0.00685 e. The van der Waals surface area contributed by atoms with Crippen LogP contribution < -0.4 is 0 Å². The average Bonchev–Trinajstić information content (AvgIpc) is 2.04. The molecule has 0 heterocycles. The molecule has 0 aromatic heterocycles. The van der Waals surface area contributed by atoms with E-state index in [4.69, 9.17) is 0 Å². The van der Waals surface area contributed by atoms with Gasteiger partial charge in [0, 0.05) is 4.91 Å². The molecule has 68 valence electrons. The van der Waals surface area contributed by atoms with Crippen LogP contribution in [0.1, 0.15) is 34.1 Å². The maximum Gasteiger partial charge on any atom is 0.00685 e. The molecular weight excluding hydrogens is 164 g/mol. The Balaban J connectivity index is 4.56. The Labute approximate surface area is 81.5 Å². The first-order valence-corrected chi connectivity index (χ1v) is 4.76. The largest absolute Gasteiger partial charge is 0.143 e. The van der Waals surface area contributed by atoms with Gasteiger partial charge in [-0.3, -0.25) is 0 Å². The third-order valence-electron chi connectivity index (χ3n) is 1.76. The molecule has 0 amide bonds. The van der Waals surface area contributed by atoms with Crippen molar-refractivity contribution in [1.29, 1.82) is 0 Å². The zero-order valence-electron chi connectivity index (χ0n) is 8.39. The van der Waals surface area contributed by atoms with Crippen LogP contribution in [0.5, 0.6) is 0 Å². The van der Waals surface area contributed by atoms with Gasteiger partial charge in [-0.1, -0.05) is 24.6 Å². The summed E-state index contributed by atoms with van der Waals surface area (Å²) >= 11 is 4.40. The van der Waals surface area contributed by atoms with Gasteiger partial charge in [0.2, 0.25) is 0 Å². The lowest BCUT2D eigenvalue weighted by atomic mass is 10.2. The van der Waals surface area contributed by atoms with E-state index in [1.807, 2.05) is 13.0 Å². The van der Waals surface area contributed by atoms with Crippen molar-refractivity contribution in [2.24, 2.45) is 0 Å². The minimum Gasteiger partial charge on any atom is -0.143 e. The van der Waals surface area contributed by atoms with E-state index in [2.05, 4.69) is 45.6 Å². The van der Waals surface area contributed by atoms with Gasteiger partial charge in [-0.05, 0) is 38.8 Å². The Morgan fingerprint density at radius 2 is 1.92 bits per heavy atom. The van der Waals surface area contributed by atoms with E-state index < -0.39 is 0 Å². The third-order valence-corrected chi connectivity index (χ3v) is 2.24. The van der Waals surface area contributed by atoms with Crippen LogP contribution in [0.4, 0.5) is 0 Å². The standard InChI is InChI=1S/C11H18S/c1-5-7-10(4)11(12)8-9(3)6-2/h5,7-8,12H,6H2,1-4H3/b7-5-,9-8+,11-10-. The van der Waals surface area contributed by atoms with Gasteiger partial charge in [0.25, 0.3) is 0 Å². The summed E-state index contributed by atoms with van der Waals surface area (Å²) < 4.78 is 0. The Hall–Kier alpha value is -0.430. The predicted octanol–water partition coefficient (Wildman–Crippen LogP) is 4.12. The van der Waals surface area contributed by atoms with Crippen molar-refractivity contribution in [3.05, 3.63) is 34.3 Å². The molecule has 0 aliphatic rings. The van der Waals surface area contributed by atoms with Gasteiger partial charge < -0.3 is 0 Å². The number of rotatable bonds is 3. The highest BCUT2D eigenvalue weighted by molar-refractivity contribution is 7.84. The Kier molecular flexibility index (Phi) is 5.91.